The molecule has 0 atom stereocenters. The van der Waals surface area contributed by atoms with Crippen molar-refractivity contribution >= 4 is 18.0 Å². The fourth-order valence-electron chi connectivity index (χ4n) is 1.08. The molecule has 0 aromatic heterocycles. The van der Waals surface area contributed by atoms with Crippen molar-refractivity contribution in [1.29, 1.82) is 0 Å². The highest BCUT2D eigenvalue weighted by Gasteiger charge is 2.11. The van der Waals surface area contributed by atoms with Crippen LogP contribution in [0.25, 0.3) is 6.08 Å². The van der Waals surface area contributed by atoms with Gasteiger partial charge in [-0.05, 0) is 23.8 Å². The van der Waals surface area contributed by atoms with Crippen molar-refractivity contribution < 1.29 is 23.8 Å². The van der Waals surface area contributed by atoms with Crippen LogP contribution in [0.4, 0.5) is 4.39 Å². The summed E-state index contributed by atoms with van der Waals surface area (Å²) in [6.45, 7) is 0. The number of halogens is 1. The molecule has 0 aliphatic heterocycles. The topological polar surface area (TPSA) is 63.6 Å². The SMILES string of the molecule is COC(=O)c1ccc(C=CC(=O)O)cc1F. The zero-order valence-electron chi connectivity index (χ0n) is 8.44. The second-order valence-electron chi connectivity index (χ2n) is 2.90. The van der Waals surface area contributed by atoms with Crippen molar-refractivity contribution in [2.24, 2.45) is 0 Å². The van der Waals surface area contributed by atoms with Gasteiger partial charge in [0.1, 0.15) is 5.82 Å². The number of aliphatic carboxylic acids is 1. The van der Waals surface area contributed by atoms with Crippen LogP contribution >= 0.6 is 0 Å². The van der Waals surface area contributed by atoms with E-state index in [0.29, 0.717) is 5.56 Å². The minimum absolute atomic E-state index is 0.185. The molecule has 0 spiro atoms. The summed E-state index contributed by atoms with van der Waals surface area (Å²) in [5.74, 6) is -2.65. The first-order chi connectivity index (χ1) is 7.54. The van der Waals surface area contributed by atoms with E-state index in [0.717, 1.165) is 19.3 Å². The fraction of sp³-hybridized carbons (Fsp3) is 0.0909. The number of benzene rings is 1. The lowest BCUT2D eigenvalue weighted by Gasteiger charge is -2.01. The van der Waals surface area contributed by atoms with Crippen LogP contribution in [0, 0.1) is 5.82 Å². The Bertz CT molecular complexity index is 451. The molecule has 0 heterocycles. The maximum absolute atomic E-state index is 13.3. The molecule has 16 heavy (non-hydrogen) atoms. The Hall–Kier alpha value is -2.17. The molecule has 0 unspecified atom stereocenters. The third-order valence-corrected chi connectivity index (χ3v) is 1.82. The quantitative estimate of drug-likeness (QED) is 0.627. The Morgan fingerprint density at radius 1 is 1.44 bits per heavy atom. The molecule has 1 rings (SSSR count). The number of carboxylic acid groups (broad SMARTS) is 1. The summed E-state index contributed by atoms with van der Waals surface area (Å²) in [6, 6.07) is 3.73. The number of methoxy groups -OCH3 is 1. The Labute approximate surface area is 91.0 Å². The number of rotatable bonds is 3. The first kappa shape index (κ1) is 11.9. The van der Waals surface area contributed by atoms with Gasteiger partial charge in [-0.1, -0.05) is 6.07 Å². The number of hydrogen-bond donors (Lipinski definition) is 1. The molecule has 0 radical (unpaired) electrons. The summed E-state index contributed by atoms with van der Waals surface area (Å²) in [5, 5.41) is 8.37. The zero-order chi connectivity index (χ0) is 12.1. The predicted octanol–water partition coefficient (Wildman–Crippen LogP) is 1.71. The number of carbonyl (C=O) groups excluding carboxylic acids is 1. The molecule has 0 saturated carbocycles. The van der Waals surface area contributed by atoms with E-state index in [1.54, 1.807) is 0 Å². The van der Waals surface area contributed by atoms with E-state index >= 15 is 0 Å². The molecule has 0 bridgehead atoms. The average Bonchev–Trinajstić information content (AvgIpc) is 2.25. The van der Waals surface area contributed by atoms with Gasteiger partial charge in [0.05, 0.1) is 12.7 Å². The van der Waals surface area contributed by atoms with Crippen molar-refractivity contribution in [3.05, 3.63) is 41.2 Å². The van der Waals surface area contributed by atoms with E-state index in [-0.39, 0.29) is 5.56 Å². The summed E-state index contributed by atoms with van der Waals surface area (Å²) < 4.78 is 17.7. The van der Waals surface area contributed by atoms with Gasteiger partial charge in [-0.2, -0.15) is 0 Å². The van der Waals surface area contributed by atoms with Crippen molar-refractivity contribution in [1.82, 2.24) is 0 Å². The van der Waals surface area contributed by atoms with Gasteiger partial charge in [0.2, 0.25) is 0 Å². The lowest BCUT2D eigenvalue weighted by molar-refractivity contribution is -0.131. The molecular weight excluding hydrogens is 215 g/mol. The number of esters is 1. The van der Waals surface area contributed by atoms with Crippen LogP contribution in [0.3, 0.4) is 0 Å². The van der Waals surface area contributed by atoms with Gasteiger partial charge in [-0.15, -0.1) is 0 Å². The molecule has 0 aliphatic carbocycles. The number of hydrogen-bond acceptors (Lipinski definition) is 3. The van der Waals surface area contributed by atoms with E-state index in [1.165, 1.54) is 18.2 Å². The average molecular weight is 224 g/mol. The van der Waals surface area contributed by atoms with E-state index in [9.17, 15) is 14.0 Å². The first-order valence-electron chi connectivity index (χ1n) is 4.33. The van der Waals surface area contributed by atoms with E-state index < -0.39 is 17.8 Å². The maximum Gasteiger partial charge on any atom is 0.340 e. The molecular formula is C11H9FO4. The number of carbonyl (C=O) groups is 2. The van der Waals surface area contributed by atoms with Crippen molar-refractivity contribution in [3.8, 4) is 0 Å². The van der Waals surface area contributed by atoms with Crippen LogP contribution in [0.1, 0.15) is 15.9 Å². The van der Waals surface area contributed by atoms with Gasteiger partial charge >= 0.3 is 11.9 Å². The van der Waals surface area contributed by atoms with E-state index in [2.05, 4.69) is 4.74 Å². The molecule has 4 nitrogen and oxygen atoms in total. The lowest BCUT2D eigenvalue weighted by Crippen LogP contribution is -2.04. The minimum Gasteiger partial charge on any atom is -0.478 e. The van der Waals surface area contributed by atoms with Crippen molar-refractivity contribution in [2.45, 2.75) is 0 Å². The minimum atomic E-state index is -1.13. The lowest BCUT2D eigenvalue weighted by atomic mass is 10.1. The fourth-order valence-corrected chi connectivity index (χ4v) is 1.08. The Morgan fingerprint density at radius 3 is 2.62 bits per heavy atom. The molecule has 0 amide bonds. The largest absolute Gasteiger partial charge is 0.478 e. The summed E-state index contributed by atoms with van der Waals surface area (Å²) >= 11 is 0. The van der Waals surface area contributed by atoms with Gasteiger partial charge in [0.15, 0.2) is 0 Å². The molecule has 0 saturated heterocycles. The van der Waals surface area contributed by atoms with Crippen LogP contribution < -0.4 is 0 Å². The van der Waals surface area contributed by atoms with Gasteiger partial charge in [-0.3, -0.25) is 0 Å². The molecule has 0 aliphatic rings. The van der Waals surface area contributed by atoms with Crippen molar-refractivity contribution in [2.75, 3.05) is 7.11 Å². The van der Waals surface area contributed by atoms with Crippen molar-refractivity contribution in [3.63, 3.8) is 0 Å². The first-order valence-corrected chi connectivity index (χ1v) is 4.33. The monoisotopic (exact) mass is 224 g/mol. The Kier molecular flexibility index (Phi) is 3.77. The Morgan fingerprint density at radius 2 is 2.12 bits per heavy atom. The van der Waals surface area contributed by atoms with Crippen LogP contribution in [0.2, 0.25) is 0 Å². The summed E-state index contributed by atoms with van der Waals surface area (Å²) in [6.07, 6.45) is 2.11. The molecule has 1 aromatic rings. The van der Waals surface area contributed by atoms with Crippen LogP contribution in [-0.4, -0.2) is 24.2 Å². The second kappa shape index (κ2) is 5.06. The number of carboxylic acids is 1. The van der Waals surface area contributed by atoms with Gasteiger partial charge in [0, 0.05) is 6.08 Å². The van der Waals surface area contributed by atoms with E-state index in [4.69, 9.17) is 5.11 Å². The zero-order valence-corrected chi connectivity index (χ0v) is 8.44. The third kappa shape index (κ3) is 2.91. The van der Waals surface area contributed by atoms with Gasteiger partial charge in [0.25, 0.3) is 0 Å². The normalized spacial score (nSPS) is 10.4. The van der Waals surface area contributed by atoms with Crippen LogP contribution in [-0.2, 0) is 9.53 Å². The summed E-state index contributed by atoms with van der Waals surface area (Å²) in [5.41, 5.74) is 0.169. The second-order valence-corrected chi connectivity index (χ2v) is 2.90. The highest BCUT2D eigenvalue weighted by Crippen LogP contribution is 2.12. The highest BCUT2D eigenvalue weighted by atomic mass is 19.1. The predicted molar refractivity (Wildman–Crippen MR) is 54.4 cm³/mol. The molecule has 5 heteroatoms. The highest BCUT2D eigenvalue weighted by molar-refractivity contribution is 5.90. The molecule has 1 N–H and O–H groups in total. The van der Waals surface area contributed by atoms with Crippen LogP contribution in [0.15, 0.2) is 24.3 Å². The maximum atomic E-state index is 13.3. The number of ether oxygens (including phenoxy) is 1. The molecule has 84 valence electrons. The smallest absolute Gasteiger partial charge is 0.340 e. The third-order valence-electron chi connectivity index (χ3n) is 1.82. The molecule has 0 fully saturated rings. The summed E-state index contributed by atoms with van der Waals surface area (Å²) in [4.78, 5) is 21.3. The van der Waals surface area contributed by atoms with Gasteiger partial charge in [-0.25, -0.2) is 14.0 Å². The molecule has 1 aromatic carbocycles. The standard InChI is InChI=1S/C11H9FO4/c1-16-11(15)8-4-2-7(6-9(8)12)3-5-10(13)14/h2-6H,1H3,(H,13,14). The van der Waals surface area contributed by atoms with E-state index in [1.807, 2.05) is 0 Å². The Balaban J connectivity index is 2.99. The van der Waals surface area contributed by atoms with Crippen LogP contribution in [0.5, 0.6) is 0 Å². The van der Waals surface area contributed by atoms with Gasteiger partial charge < -0.3 is 9.84 Å². The summed E-state index contributed by atoms with van der Waals surface area (Å²) in [7, 11) is 1.15.